The van der Waals surface area contributed by atoms with E-state index in [1.165, 1.54) is 20.5 Å². The summed E-state index contributed by atoms with van der Waals surface area (Å²) in [7, 11) is 2.56. The summed E-state index contributed by atoms with van der Waals surface area (Å²) >= 11 is 0. The molecule has 1 aromatic rings. The number of nitrogens with zero attached hydrogens (tertiary/aromatic N) is 1. The van der Waals surface area contributed by atoms with Crippen molar-refractivity contribution < 1.29 is 23.6 Å². The maximum Gasteiger partial charge on any atom is 0.324 e. The van der Waals surface area contributed by atoms with Gasteiger partial charge in [0.25, 0.3) is 0 Å². The highest BCUT2D eigenvalue weighted by Gasteiger charge is 2.60. The number of carbonyl (C=O) groups excluding carboxylic acids is 2. The van der Waals surface area contributed by atoms with Crippen molar-refractivity contribution in [2.75, 3.05) is 14.2 Å². The lowest BCUT2D eigenvalue weighted by molar-refractivity contribution is -0.170. The second kappa shape index (κ2) is 5.64. The number of hydrogen-bond acceptors (Lipinski definition) is 6. The molecule has 20 heavy (non-hydrogen) atoms. The molecule has 1 aliphatic carbocycles. The van der Waals surface area contributed by atoms with Gasteiger partial charge in [-0.3, -0.25) is 9.59 Å². The molecule has 0 aromatic carbocycles. The van der Waals surface area contributed by atoms with Gasteiger partial charge in [-0.25, -0.2) is 0 Å². The van der Waals surface area contributed by atoms with Gasteiger partial charge in [0.2, 0.25) is 0 Å². The van der Waals surface area contributed by atoms with Crippen LogP contribution < -0.4 is 0 Å². The van der Waals surface area contributed by atoms with Crippen molar-refractivity contribution in [1.29, 1.82) is 0 Å². The van der Waals surface area contributed by atoms with Crippen molar-refractivity contribution >= 4 is 11.9 Å². The van der Waals surface area contributed by atoms with Crippen LogP contribution in [-0.4, -0.2) is 31.3 Å². The summed E-state index contributed by atoms with van der Waals surface area (Å²) in [5.41, 5.74) is 0.128. The van der Waals surface area contributed by atoms with Crippen LogP contribution >= 0.6 is 0 Å². The van der Waals surface area contributed by atoms with Crippen molar-refractivity contribution in [2.45, 2.75) is 38.5 Å². The molecule has 1 heterocycles. The fourth-order valence-corrected chi connectivity index (χ4v) is 3.01. The summed E-state index contributed by atoms with van der Waals surface area (Å²) in [5, 5.41) is 3.97. The largest absolute Gasteiger partial charge is 0.468 e. The molecule has 1 aliphatic rings. The van der Waals surface area contributed by atoms with Gasteiger partial charge in [0, 0.05) is 17.9 Å². The molecule has 1 unspecified atom stereocenters. The second-order valence-electron chi connectivity index (χ2n) is 5.05. The molecule has 0 N–H and O–H groups in total. The average Bonchev–Trinajstić information content (AvgIpc) is 3.02. The first kappa shape index (κ1) is 14.6. The quantitative estimate of drug-likeness (QED) is 0.605. The van der Waals surface area contributed by atoms with Gasteiger partial charge in [-0.2, -0.15) is 0 Å². The zero-order chi connectivity index (χ0) is 14.8. The fourth-order valence-electron chi connectivity index (χ4n) is 3.01. The van der Waals surface area contributed by atoms with E-state index in [1.54, 1.807) is 0 Å². The molecular formula is C14H19NO5. The Morgan fingerprint density at radius 1 is 1.40 bits per heavy atom. The molecule has 1 aromatic heterocycles. The number of fused-ring (bicyclic) bond motifs is 1. The minimum Gasteiger partial charge on any atom is -0.468 e. The Balaban J connectivity index is 2.46. The van der Waals surface area contributed by atoms with E-state index in [9.17, 15) is 9.59 Å². The van der Waals surface area contributed by atoms with Crippen LogP contribution in [0.4, 0.5) is 0 Å². The van der Waals surface area contributed by atoms with Crippen LogP contribution in [-0.2, 0) is 25.5 Å². The molecule has 110 valence electrons. The molecular weight excluding hydrogens is 262 g/mol. The molecule has 0 aliphatic heterocycles. The van der Waals surface area contributed by atoms with Crippen molar-refractivity contribution in [3.05, 3.63) is 17.5 Å². The number of carbonyl (C=O) groups is 2. The topological polar surface area (TPSA) is 78.6 Å². The molecule has 6 nitrogen and oxygen atoms in total. The third kappa shape index (κ3) is 1.99. The Bertz CT molecular complexity index is 491. The number of rotatable bonds is 5. The standard InChI is InChI=1S/C14H19NO5/c1-4-5-6-10-11-9(8-20-15-11)7-14(10,12(16)18-2)13(17)19-3/h8,10H,4-7H2,1-3H3. The molecule has 1 atom stereocenters. The molecule has 0 bridgehead atoms. The van der Waals surface area contributed by atoms with Gasteiger partial charge in [-0.1, -0.05) is 24.9 Å². The molecule has 0 amide bonds. The van der Waals surface area contributed by atoms with E-state index >= 15 is 0 Å². The Labute approximate surface area is 117 Å². The maximum atomic E-state index is 12.3. The minimum atomic E-state index is -1.33. The van der Waals surface area contributed by atoms with Crippen molar-refractivity contribution in [3.8, 4) is 0 Å². The number of esters is 2. The van der Waals surface area contributed by atoms with Crippen LogP contribution in [0.1, 0.15) is 43.4 Å². The summed E-state index contributed by atoms with van der Waals surface area (Å²) in [6.07, 6.45) is 4.22. The van der Waals surface area contributed by atoms with Crippen LogP contribution in [0.3, 0.4) is 0 Å². The third-order valence-electron chi connectivity index (χ3n) is 4.01. The predicted octanol–water partition coefficient (Wildman–Crippen LogP) is 1.84. The van der Waals surface area contributed by atoms with Gasteiger partial charge >= 0.3 is 11.9 Å². The van der Waals surface area contributed by atoms with Crippen molar-refractivity contribution in [3.63, 3.8) is 0 Å². The van der Waals surface area contributed by atoms with Gasteiger partial charge in [0.05, 0.1) is 19.9 Å². The first-order valence-electron chi connectivity index (χ1n) is 6.71. The number of aromatic nitrogens is 1. The average molecular weight is 281 g/mol. The first-order valence-corrected chi connectivity index (χ1v) is 6.71. The number of methoxy groups -OCH3 is 2. The Hall–Kier alpha value is -1.85. The summed E-state index contributed by atoms with van der Waals surface area (Å²) < 4.78 is 14.7. The number of hydrogen-bond donors (Lipinski definition) is 0. The molecule has 6 heteroatoms. The first-order chi connectivity index (χ1) is 9.61. The molecule has 0 radical (unpaired) electrons. The van der Waals surface area contributed by atoms with E-state index in [0.29, 0.717) is 12.1 Å². The Kier molecular flexibility index (Phi) is 4.11. The highest BCUT2D eigenvalue weighted by atomic mass is 16.5. The number of ether oxygens (including phenoxy) is 2. The minimum absolute atomic E-state index is 0.222. The van der Waals surface area contributed by atoms with Crippen LogP contribution in [0.15, 0.2) is 10.8 Å². The second-order valence-corrected chi connectivity index (χ2v) is 5.05. The van der Waals surface area contributed by atoms with E-state index in [0.717, 1.165) is 18.4 Å². The molecule has 2 rings (SSSR count). The van der Waals surface area contributed by atoms with Gasteiger partial charge in [-0.05, 0) is 6.42 Å². The summed E-state index contributed by atoms with van der Waals surface area (Å²) in [6.45, 7) is 2.05. The van der Waals surface area contributed by atoms with Crippen molar-refractivity contribution in [1.82, 2.24) is 5.16 Å². The van der Waals surface area contributed by atoms with E-state index in [2.05, 4.69) is 12.1 Å². The van der Waals surface area contributed by atoms with E-state index in [-0.39, 0.29) is 12.3 Å². The summed E-state index contributed by atoms with van der Waals surface area (Å²) in [4.78, 5) is 24.6. The zero-order valence-corrected chi connectivity index (χ0v) is 12.0. The SMILES string of the molecule is CCCCC1c2nocc2CC1(C(=O)OC)C(=O)OC. The lowest BCUT2D eigenvalue weighted by Crippen LogP contribution is -2.45. The van der Waals surface area contributed by atoms with Gasteiger partial charge in [-0.15, -0.1) is 0 Å². The van der Waals surface area contributed by atoms with Crippen molar-refractivity contribution in [2.24, 2.45) is 5.41 Å². The lowest BCUT2D eigenvalue weighted by Gasteiger charge is -2.29. The number of unbranched alkanes of at least 4 members (excludes halogenated alkanes) is 1. The Morgan fingerprint density at radius 3 is 2.60 bits per heavy atom. The van der Waals surface area contributed by atoms with Crippen LogP contribution in [0.25, 0.3) is 0 Å². The van der Waals surface area contributed by atoms with E-state index in [1.807, 2.05) is 0 Å². The molecule has 0 spiro atoms. The molecule has 0 fully saturated rings. The van der Waals surface area contributed by atoms with Gasteiger partial charge < -0.3 is 14.0 Å². The smallest absolute Gasteiger partial charge is 0.324 e. The van der Waals surface area contributed by atoms with Crippen LogP contribution in [0.2, 0.25) is 0 Å². The van der Waals surface area contributed by atoms with Gasteiger partial charge in [0.1, 0.15) is 6.26 Å². The molecule has 0 saturated heterocycles. The highest BCUT2D eigenvalue weighted by molar-refractivity contribution is 6.02. The normalized spacial score (nSPS) is 19.4. The summed E-state index contributed by atoms with van der Waals surface area (Å²) in [6, 6.07) is 0. The summed E-state index contributed by atoms with van der Waals surface area (Å²) in [5.74, 6) is -1.48. The van der Waals surface area contributed by atoms with E-state index < -0.39 is 17.4 Å². The van der Waals surface area contributed by atoms with Crippen LogP contribution in [0, 0.1) is 5.41 Å². The predicted molar refractivity (Wildman–Crippen MR) is 68.9 cm³/mol. The van der Waals surface area contributed by atoms with E-state index in [4.69, 9.17) is 14.0 Å². The molecule has 0 saturated carbocycles. The highest BCUT2D eigenvalue weighted by Crippen LogP contribution is 2.50. The van der Waals surface area contributed by atoms with Crippen LogP contribution in [0.5, 0.6) is 0 Å². The monoisotopic (exact) mass is 281 g/mol. The maximum absolute atomic E-state index is 12.3. The zero-order valence-electron chi connectivity index (χ0n) is 12.0. The van der Waals surface area contributed by atoms with Gasteiger partial charge in [0.15, 0.2) is 5.41 Å². The Morgan fingerprint density at radius 2 is 2.05 bits per heavy atom. The fraction of sp³-hybridized carbons (Fsp3) is 0.643. The lowest BCUT2D eigenvalue weighted by atomic mass is 9.74. The third-order valence-corrected chi connectivity index (χ3v) is 4.01.